The lowest BCUT2D eigenvalue weighted by molar-refractivity contribution is -0.394. The van der Waals surface area contributed by atoms with Gasteiger partial charge in [0.15, 0.2) is 0 Å². The molecule has 150 valence electrons. The lowest BCUT2D eigenvalue weighted by Crippen LogP contribution is -2.71. The van der Waals surface area contributed by atoms with E-state index in [2.05, 4.69) is 0 Å². The van der Waals surface area contributed by atoms with Crippen molar-refractivity contribution < 1.29 is 75.0 Å². The summed E-state index contributed by atoms with van der Waals surface area (Å²) in [6.45, 7) is 0. The summed E-state index contributed by atoms with van der Waals surface area (Å²) < 4.78 is 196. The summed E-state index contributed by atoms with van der Waals surface area (Å²) >= 11 is 0. The third-order valence-electron chi connectivity index (χ3n) is 2.52. The van der Waals surface area contributed by atoms with E-state index in [0.717, 1.165) is 0 Å². The standard InChI is InChI=1S/C8F16O/c9-2(6(16,17)18,7(19,20)21)1(25)3(10,11)4(12,13)5(14,15)8(22,23)24. The molecule has 25 heavy (non-hydrogen) atoms. The zero-order valence-corrected chi connectivity index (χ0v) is 10.5. The molecule has 0 fully saturated rings. The Morgan fingerprint density at radius 1 is 0.440 bits per heavy atom. The molecule has 0 aromatic carbocycles. The quantitative estimate of drug-likeness (QED) is 0.599. The lowest BCUT2D eigenvalue weighted by Gasteiger charge is -2.36. The minimum absolute atomic E-state index is 5.59. The fourth-order valence-electron chi connectivity index (χ4n) is 1.15. The summed E-state index contributed by atoms with van der Waals surface area (Å²) in [4.78, 5) is 10.5. The molecule has 0 spiro atoms. The summed E-state index contributed by atoms with van der Waals surface area (Å²) in [5.74, 6) is -29.8. The molecule has 0 aromatic rings. The zero-order chi connectivity index (χ0) is 21.1. The van der Waals surface area contributed by atoms with Gasteiger partial charge in [-0.05, 0) is 0 Å². The normalized spacial score (nSPS) is 16.2. The Labute approximate surface area is 124 Å². The second kappa shape index (κ2) is 5.52. The molecule has 17 heteroatoms. The molecular formula is C8F16O. The van der Waals surface area contributed by atoms with E-state index in [9.17, 15) is 75.0 Å². The van der Waals surface area contributed by atoms with Gasteiger partial charge in [-0.2, -0.15) is 65.9 Å². The maximum Gasteiger partial charge on any atom is 0.460 e. The summed E-state index contributed by atoms with van der Waals surface area (Å²) in [7, 11) is 0. The van der Waals surface area contributed by atoms with Crippen molar-refractivity contribution in [3.63, 3.8) is 0 Å². The molecule has 0 unspecified atom stereocenters. The molecule has 0 aliphatic rings. The first-order valence-electron chi connectivity index (χ1n) is 4.98. The molecule has 0 amide bonds. The number of carbonyl (C=O) groups excluding carboxylic acids is 1. The van der Waals surface area contributed by atoms with Crippen LogP contribution in [-0.4, -0.2) is 47.7 Å². The van der Waals surface area contributed by atoms with Gasteiger partial charge in [0, 0.05) is 0 Å². The van der Waals surface area contributed by atoms with Crippen LogP contribution in [0, 0.1) is 0 Å². The van der Waals surface area contributed by atoms with Gasteiger partial charge in [0.25, 0.3) is 5.78 Å². The fraction of sp³-hybridized carbons (Fsp3) is 0.875. The molecule has 0 rings (SSSR count). The molecule has 0 heterocycles. The van der Waals surface area contributed by atoms with Gasteiger partial charge in [0.05, 0.1) is 0 Å². The van der Waals surface area contributed by atoms with E-state index in [0.29, 0.717) is 0 Å². The Morgan fingerprint density at radius 3 is 0.920 bits per heavy atom. The second-order valence-corrected chi connectivity index (χ2v) is 4.20. The van der Waals surface area contributed by atoms with E-state index in [1.54, 1.807) is 0 Å². The number of hydrogen-bond acceptors (Lipinski definition) is 1. The Morgan fingerprint density at radius 2 is 0.720 bits per heavy atom. The van der Waals surface area contributed by atoms with Crippen molar-refractivity contribution in [1.82, 2.24) is 0 Å². The van der Waals surface area contributed by atoms with Crippen molar-refractivity contribution in [3.05, 3.63) is 0 Å². The molecular weight excluding hydrogens is 416 g/mol. The molecule has 0 saturated heterocycles. The van der Waals surface area contributed by atoms with Crippen LogP contribution in [0.2, 0.25) is 0 Å². The summed E-state index contributed by atoms with van der Waals surface area (Å²) in [6, 6.07) is 0. The lowest BCUT2D eigenvalue weighted by atomic mass is 9.88. The smallest absolute Gasteiger partial charge is 0.288 e. The molecule has 0 atom stereocenters. The van der Waals surface area contributed by atoms with E-state index in [4.69, 9.17) is 0 Å². The Bertz CT molecular complexity index is 504. The van der Waals surface area contributed by atoms with Crippen molar-refractivity contribution in [2.24, 2.45) is 0 Å². The topological polar surface area (TPSA) is 17.1 Å². The minimum atomic E-state index is -8.19. The van der Waals surface area contributed by atoms with Crippen molar-refractivity contribution in [2.45, 2.75) is 42.0 Å². The van der Waals surface area contributed by atoms with Crippen LogP contribution in [0.5, 0.6) is 0 Å². The molecule has 0 N–H and O–H groups in total. The van der Waals surface area contributed by atoms with Gasteiger partial charge in [0.2, 0.25) is 0 Å². The number of carbonyl (C=O) groups is 1. The van der Waals surface area contributed by atoms with Gasteiger partial charge in [-0.3, -0.25) is 4.79 Å². The molecule has 0 aliphatic heterocycles. The van der Waals surface area contributed by atoms with Gasteiger partial charge >= 0.3 is 42.0 Å². The maximum absolute atomic E-state index is 13.0. The molecule has 1 nitrogen and oxygen atoms in total. The Balaban J connectivity index is 6.57. The van der Waals surface area contributed by atoms with Crippen LogP contribution in [0.15, 0.2) is 0 Å². The predicted molar refractivity (Wildman–Crippen MR) is 41.9 cm³/mol. The fourth-order valence-corrected chi connectivity index (χ4v) is 1.15. The highest BCUT2D eigenvalue weighted by Crippen LogP contribution is 2.57. The molecule has 0 aliphatic carbocycles. The minimum Gasteiger partial charge on any atom is -0.288 e. The third-order valence-corrected chi connectivity index (χ3v) is 2.52. The highest BCUT2D eigenvalue weighted by molar-refractivity contribution is 5.96. The molecule has 0 saturated carbocycles. The van der Waals surface area contributed by atoms with Crippen LogP contribution < -0.4 is 0 Å². The van der Waals surface area contributed by atoms with Gasteiger partial charge in [-0.15, -0.1) is 0 Å². The summed E-state index contributed by atoms with van der Waals surface area (Å²) in [6.07, 6.45) is -23.1. The first-order chi connectivity index (χ1) is 10.4. The molecule has 0 bridgehead atoms. The third kappa shape index (κ3) is 3.09. The first kappa shape index (κ1) is 23.5. The number of rotatable bonds is 4. The molecule has 0 aromatic heterocycles. The van der Waals surface area contributed by atoms with E-state index in [1.165, 1.54) is 0 Å². The van der Waals surface area contributed by atoms with Crippen LogP contribution in [0.1, 0.15) is 0 Å². The van der Waals surface area contributed by atoms with E-state index in [1.807, 2.05) is 0 Å². The molecule has 0 radical (unpaired) electrons. The highest BCUT2D eigenvalue weighted by Gasteiger charge is 2.90. The second-order valence-electron chi connectivity index (χ2n) is 4.20. The van der Waals surface area contributed by atoms with E-state index < -0.39 is 47.7 Å². The van der Waals surface area contributed by atoms with Crippen LogP contribution in [0.4, 0.5) is 70.2 Å². The van der Waals surface area contributed by atoms with Gasteiger partial charge in [-0.25, -0.2) is 4.39 Å². The SMILES string of the molecule is O=C(C(F)(F)C(F)(F)C(F)(F)C(F)(F)F)C(F)(C(F)(F)F)C(F)(F)F. The van der Waals surface area contributed by atoms with E-state index in [-0.39, 0.29) is 0 Å². The number of Topliss-reactive ketones (excluding diaryl/α,β-unsaturated/α-hetero) is 1. The van der Waals surface area contributed by atoms with Crippen molar-refractivity contribution in [1.29, 1.82) is 0 Å². The Kier molecular flexibility index (Phi) is 5.20. The number of hydrogen-bond donors (Lipinski definition) is 0. The van der Waals surface area contributed by atoms with Crippen molar-refractivity contribution >= 4 is 5.78 Å². The monoisotopic (exact) mass is 416 g/mol. The number of halogens is 16. The summed E-state index contributed by atoms with van der Waals surface area (Å²) in [5, 5.41) is 0. The average Bonchev–Trinajstić information content (AvgIpc) is 2.31. The van der Waals surface area contributed by atoms with E-state index >= 15 is 0 Å². The van der Waals surface area contributed by atoms with Crippen molar-refractivity contribution in [3.8, 4) is 0 Å². The summed E-state index contributed by atoms with van der Waals surface area (Å²) in [5.41, 5.74) is -7.85. The van der Waals surface area contributed by atoms with Crippen LogP contribution in [0.3, 0.4) is 0 Å². The first-order valence-corrected chi connectivity index (χ1v) is 4.98. The average molecular weight is 416 g/mol. The van der Waals surface area contributed by atoms with Gasteiger partial charge in [-0.1, -0.05) is 0 Å². The number of alkyl halides is 16. The Hall–Kier alpha value is -1.45. The largest absolute Gasteiger partial charge is 0.460 e. The van der Waals surface area contributed by atoms with Crippen molar-refractivity contribution in [2.75, 3.05) is 0 Å². The van der Waals surface area contributed by atoms with Crippen LogP contribution in [0.25, 0.3) is 0 Å². The van der Waals surface area contributed by atoms with Crippen LogP contribution in [-0.2, 0) is 4.79 Å². The number of ketones is 1. The highest BCUT2D eigenvalue weighted by atomic mass is 19.4. The maximum atomic E-state index is 13.0. The van der Waals surface area contributed by atoms with Crippen LogP contribution >= 0.6 is 0 Å². The van der Waals surface area contributed by atoms with Gasteiger partial charge < -0.3 is 0 Å². The van der Waals surface area contributed by atoms with Gasteiger partial charge in [0.1, 0.15) is 0 Å². The predicted octanol–water partition coefficient (Wildman–Crippen LogP) is 4.86. The zero-order valence-electron chi connectivity index (χ0n) is 10.5.